The van der Waals surface area contributed by atoms with Gasteiger partial charge in [0.1, 0.15) is 11.5 Å². The number of phenolic OH excluding ortho intramolecular Hbond substituents is 1. The monoisotopic (exact) mass is 205 g/mol. The van der Waals surface area contributed by atoms with Gasteiger partial charge in [0.05, 0.1) is 13.2 Å². The molecule has 1 N–H and O–H groups in total. The third-order valence-corrected chi connectivity index (χ3v) is 2.55. The van der Waals surface area contributed by atoms with Crippen LogP contribution in [0.4, 0.5) is 0 Å². The second-order valence-electron chi connectivity index (χ2n) is 3.45. The molecule has 0 saturated carbocycles. The van der Waals surface area contributed by atoms with Crippen LogP contribution in [0.15, 0.2) is 23.2 Å². The number of phenols is 1. The number of fused-ring (bicyclic) bond motifs is 1. The van der Waals surface area contributed by atoms with Crippen LogP contribution in [-0.2, 0) is 4.79 Å². The Labute approximate surface area is 87.2 Å². The van der Waals surface area contributed by atoms with Crippen LogP contribution in [0.3, 0.4) is 0 Å². The van der Waals surface area contributed by atoms with Crippen LogP contribution in [0.2, 0.25) is 0 Å². The number of isocyanates is 1. The summed E-state index contributed by atoms with van der Waals surface area (Å²) >= 11 is 0. The molecular formula is C11H11NO3. The van der Waals surface area contributed by atoms with E-state index < -0.39 is 0 Å². The van der Waals surface area contributed by atoms with E-state index in [-0.39, 0.29) is 11.7 Å². The fraction of sp³-hybridized carbons (Fsp3) is 0.364. The molecule has 0 saturated heterocycles. The van der Waals surface area contributed by atoms with E-state index in [1.54, 1.807) is 12.1 Å². The highest BCUT2D eigenvalue weighted by molar-refractivity contribution is 5.48. The minimum Gasteiger partial charge on any atom is -0.508 e. The van der Waals surface area contributed by atoms with Gasteiger partial charge < -0.3 is 9.84 Å². The summed E-state index contributed by atoms with van der Waals surface area (Å²) in [5.74, 6) is 0.946. The third kappa shape index (κ3) is 1.85. The summed E-state index contributed by atoms with van der Waals surface area (Å²) in [7, 11) is 0. The average Bonchev–Trinajstić information content (AvgIpc) is 2.26. The molecule has 0 radical (unpaired) electrons. The number of rotatable bonds is 2. The standard InChI is InChI=1S/C11H11NO3/c13-7-12-6-8-4-5-15-10-3-1-2-9(14)11(8)10/h1-3,8,14H,4-6H2. The highest BCUT2D eigenvalue weighted by Crippen LogP contribution is 2.39. The molecule has 1 atom stereocenters. The largest absolute Gasteiger partial charge is 0.508 e. The third-order valence-electron chi connectivity index (χ3n) is 2.55. The Hall–Kier alpha value is -1.80. The number of aromatic hydroxyl groups is 1. The van der Waals surface area contributed by atoms with Crippen molar-refractivity contribution in [2.45, 2.75) is 12.3 Å². The van der Waals surface area contributed by atoms with Crippen molar-refractivity contribution in [1.29, 1.82) is 0 Å². The Morgan fingerprint density at radius 1 is 1.60 bits per heavy atom. The van der Waals surface area contributed by atoms with E-state index in [1.807, 2.05) is 6.07 Å². The molecule has 0 aromatic heterocycles. The Bertz CT molecular complexity index is 410. The van der Waals surface area contributed by atoms with Crippen molar-refractivity contribution < 1.29 is 14.6 Å². The number of hydrogen-bond acceptors (Lipinski definition) is 4. The van der Waals surface area contributed by atoms with Crippen LogP contribution in [0.25, 0.3) is 0 Å². The lowest BCUT2D eigenvalue weighted by Gasteiger charge is -2.24. The second-order valence-corrected chi connectivity index (χ2v) is 3.45. The molecule has 1 aliphatic heterocycles. The first-order chi connectivity index (χ1) is 7.33. The molecule has 1 unspecified atom stereocenters. The minimum atomic E-state index is 0.0522. The topological polar surface area (TPSA) is 58.9 Å². The fourth-order valence-electron chi connectivity index (χ4n) is 1.85. The number of hydrogen-bond donors (Lipinski definition) is 1. The van der Waals surface area contributed by atoms with Gasteiger partial charge in [-0.05, 0) is 18.6 Å². The van der Waals surface area contributed by atoms with Gasteiger partial charge in [-0.25, -0.2) is 9.79 Å². The van der Waals surface area contributed by atoms with Crippen molar-refractivity contribution in [3.05, 3.63) is 23.8 Å². The van der Waals surface area contributed by atoms with Gasteiger partial charge in [-0.15, -0.1) is 0 Å². The summed E-state index contributed by atoms with van der Waals surface area (Å²) in [6, 6.07) is 5.16. The number of aliphatic imine (C=N–C) groups is 1. The zero-order chi connectivity index (χ0) is 10.7. The summed E-state index contributed by atoms with van der Waals surface area (Å²) in [5, 5.41) is 9.71. The molecule has 1 aromatic carbocycles. The van der Waals surface area contributed by atoms with Crippen LogP contribution >= 0.6 is 0 Å². The van der Waals surface area contributed by atoms with Crippen LogP contribution in [0.5, 0.6) is 11.5 Å². The molecule has 0 amide bonds. The first-order valence-electron chi connectivity index (χ1n) is 4.81. The molecular weight excluding hydrogens is 194 g/mol. The SMILES string of the molecule is O=C=NCC1CCOc2cccc(O)c21. The highest BCUT2D eigenvalue weighted by Gasteiger charge is 2.24. The number of carbonyl (C=O) groups excluding carboxylic acids is 1. The molecule has 1 aromatic rings. The number of benzene rings is 1. The highest BCUT2D eigenvalue weighted by atomic mass is 16.5. The van der Waals surface area contributed by atoms with Gasteiger partial charge in [-0.2, -0.15) is 0 Å². The molecule has 0 bridgehead atoms. The van der Waals surface area contributed by atoms with Crippen LogP contribution in [-0.4, -0.2) is 24.3 Å². The number of nitrogens with zero attached hydrogens (tertiary/aromatic N) is 1. The lowest BCUT2D eigenvalue weighted by atomic mass is 9.92. The summed E-state index contributed by atoms with van der Waals surface area (Å²) in [5.41, 5.74) is 0.753. The number of ether oxygens (including phenoxy) is 1. The van der Waals surface area contributed by atoms with E-state index in [0.717, 1.165) is 12.0 Å². The van der Waals surface area contributed by atoms with Crippen molar-refractivity contribution in [3.63, 3.8) is 0 Å². The first-order valence-corrected chi connectivity index (χ1v) is 4.81. The van der Waals surface area contributed by atoms with Crippen LogP contribution in [0, 0.1) is 0 Å². The molecule has 78 valence electrons. The van der Waals surface area contributed by atoms with Crippen molar-refractivity contribution in [3.8, 4) is 11.5 Å². The Kier molecular flexibility index (Phi) is 2.70. The van der Waals surface area contributed by atoms with Crippen LogP contribution < -0.4 is 4.74 Å². The zero-order valence-corrected chi connectivity index (χ0v) is 8.14. The Balaban J connectivity index is 2.36. The molecule has 0 spiro atoms. The lowest BCUT2D eigenvalue weighted by Crippen LogP contribution is -2.16. The summed E-state index contributed by atoms with van der Waals surface area (Å²) < 4.78 is 5.41. The smallest absolute Gasteiger partial charge is 0.234 e. The van der Waals surface area contributed by atoms with E-state index in [2.05, 4.69) is 4.99 Å². The summed E-state index contributed by atoms with van der Waals surface area (Å²) in [6.07, 6.45) is 2.28. The molecule has 1 heterocycles. The van der Waals surface area contributed by atoms with Gasteiger partial charge >= 0.3 is 0 Å². The van der Waals surface area contributed by atoms with Crippen LogP contribution in [0.1, 0.15) is 17.9 Å². The van der Waals surface area contributed by atoms with Gasteiger partial charge in [0.25, 0.3) is 0 Å². The van der Waals surface area contributed by atoms with Gasteiger partial charge in [0, 0.05) is 11.5 Å². The summed E-state index contributed by atoms with van der Waals surface area (Å²) in [6.45, 7) is 0.951. The van der Waals surface area contributed by atoms with Crippen molar-refractivity contribution in [1.82, 2.24) is 0 Å². The molecule has 0 aliphatic carbocycles. The predicted molar refractivity (Wildman–Crippen MR) is 53.9 cm³/mol. The van der Waals surface area contributed by atoms with E-state index in [9.17, 15) is 9.90 Å². The van der Waals surface area contributed by atoms with E-state index in [0.29, 0.717) is 18.9 Å². The summed E-state index contributed by atoms with van der Waals surface area (Å²) in [4.78, 5) is 13.6. The van der Waals surface area contributed by atoms with Gasteiger partial charge in [0.15, 0.2) is 0 Å². The zero-order valence-electron chi connectivity index (χ0n) is 8.14. The Morgan fingerprint density at radius 3 is 3.27 bits per heavy atom. The van der Waals surface area contributed by atoms with Gasteiger partial charge in [-0.1, -0.05) is 6.07 Å². The second kappa shape index (κ2) is 4.15. The predicted octanol–water partition coefficient (Wildman–Crippen LogP) is 1.59. The van der Waals surface area contributed by atoms with Crippen molar-refractivity contribution in [2.24, 2.45) is 4.99 Å². The fourth-order valence-corrected chi connectivity index (χ4v) is 1.85. The molecule has 0 fully saturated rings. The maximum atomic E-state index is 10.1. The van der Waals surface area contributed by atoms with E-state index in [4.69, 9.17) is 4.74 Å². The minimum absolute atomic E-state index is 0.0522. The van der Waals surface area contributed by atoms with Gasteiger partial charge in [0.2, 0.25) is 6.08 Å². The average molecular weight is 205 g/mol. The molecule has 4 nitrogen and oxygen atoms in total. The molecule has 15 heavy (non-hydrogen) atoms. The molecule has 2 rings (SSSR count). The maximum Gasteiger partial charge on any atom is 0.234 e. The lowest BCUT2D eigenvalue weighted by molar-refractivity contribution is 0.264. The quantitative estimate of drug-likeness (QED) is 0.589. The van der Waals surface area contributed by atoms with Crippen molar-refractivity contribution in [2.75, 3.05) is 13.2 Å². The molecule has 4 heteroatoms. The first kappa shape index (κ1) is 9.74. The van der Waals surface area contributed by atoms with E-state index in [1.165, 1.54) is 6.08 Å². The van der Waals surface area contributed by atoms with E-state index >= 15 is 0 Å². The molecule has 1 aliphatic rings. The van der Waals surface area contributed by atoms with Gasteiger partial charge in [-0.3, -0.25) is 0 Å². The van der Waals surface area contributed by atoms with Crippen molar-refractivity contribution >= 4 is 6.08 Å². The normalized spacial score (nSPS) is 18.5. The maximum absolute atomic E-state index is 10.1. The Morgan fingerprint density at radius 2 is 2.47 bits per heavy atom.